The maximum Gasteiger partial charge on any atom is 0.410 e. The van der Waals surface area contributed by atoms with Crippen molar-refractivity contribution in [1.29, 1.82) is 0 Å². The highest BCUT2D eigenvalue weighted by atomic mass is 79.9. The van der Waals surface area contributed by atoms with Crippen LogP contribution in [-0.2, 0) is 4.74 Å². The van der Waals surface area contributed by atoms with Crippen LogP contribution in [0, 0.1) is 11.3 Å². The van der Waals surface area contributed by atoms with E-state index in [1.807, 2.05) is 25.7 Å². The number of likely N-dealkylation sites (tertiary alicyclic amines) is 1. The van der Waals surface area contributed by atoms with Gasteiger partial charge in [0.15, 0.2) is 0 Å². The summed E-state index contributed by atoms with van der Waals surface area (Å²) in [6.07, 6.45) is 1.94. The number of carbonyl (C=O) groups excluding carboxylic acids is 1. The molecule has 1 rings (SSSR count). The molecule has 0 N–H and O–H groups in total. The third kappa shape index (κ3) is 4.97. The first kappa shape index (κ1) is 16.8. The minimum absolute atomic E-state index is 0.0811. The largest absolute Gasteiger partial charge is 0.444 e. The summed E-state index contributed by atoms with van der Waals surface area (Å²) in [5, 5.41) is 1.02. The van der Waals surface area contributed by atoms with Gasteiger partial charge in [0.25, 0.3) is 0 Å². The summed E-state index contributed by atoms with van der Waals surface area (Å²) < 4.78 is 5.55. The van der Waals surface area contributed by atoms with Crippen LogP contribution in [0.25, 0.3) is 0 Å². The summed E-state index contributed by atoms with van der Waals surface area (Å²) >= 11 is 3.58. The van der Waals surface area contributed by atoms with Gasteiger partial charge in [-0.3, -0.25) is 0 Å². The molecule has 2 unspecified atom stereocenters. The Morgan fingerprint density at radius 1 is 1.26 bits per heavy atom. The number of alkyl halides is 1. The summed E-state index contributed by atoms with van der Waals surface area (Å²) in [7, 11) is 0. The van der Waals surface area contributed by atoms with Gasteiger partial charge >= 0.3 is 6.09 Å². The van der Waals surface area contributed by atoms with Crippen LogP contribution in [0.3, 0.4) is 0 Å². The highest BCUT2D eigenvalue weighted by Gasteiger charge is 2.39. The molecule has 19 heavy (non-hydrogen) atoms. The molecule has 1 aliphatic rings. The first-order chi connectivity index (χ1) is 8.54. The van der Waals surface area contributed by atoms with Gasteiger partial charge in [0.2, 0.25) is 0 Å². The number of nitrogens with zero attached hydrogens (tertiary/aromatic N) is 1. The standard InChI is InChI=1S/C15H28BrNO2/c1-14(2,3)12-9-11(10-16)7-8-17(12)13(18)19-15(4,5)6/h11-12H,7-10H2,1-6H3. The Bertz CT molecular complexity index is 317. The second-order valence-corrected chi connectivity index (χ2v) is 8.25. The van der Waals surface area contributed by atoms with E-state index in [-0.39, 0.29) is 17.6 Å². The second kappa shape index (κ2) is 6.02. The number of ether oxygens (including phenoxy) is 1. The van der Waals surface area contributed by atoms with Crippen molar-refractivity contribution in [2.24, 2.45) is 11.3 Å². The van der Waals surface area contributed by atoms with Gasteiger partial charge in [-0.25, -0.2) is 4.79 Å². The lowest BCUT2D eigenvalue weighted by atomic mass is 9.77. The van der Waals surface area contributed by atoms with E-state index >= 15 is 0 Å². The summed E-state index contributed by atoms with van der Waals surface area (Å²) in [5.74, 6) is 0.655. The third-order valence-electron chi connectivity index (χ3n) is 3.56. The smallest absolute Gasteiger partial charge is 0.410 e. The van der Waals surface area contributed by atoms with Crippen molar-refractivity contribution in [3.8, 4) is 0 Å². The van der Waals surface area contributed by atoms with Crippen LogP contribution in [0.4, 0.5) is 4.79 Å². The molecule has 4 heteroatoms. The zero-order chi connectivity index (χ0) is 14.8. The maximum atomic E-state index is 12.4. The Balaban J connectivity index is 2.82. The Morgan fingerprint density at radius 3 is 2.26 bits per heavy atom. The van der Waals surface area contributed by atoms with E-state index < -0.39 is 5.60 Å². The van der Waals surface area contributed by atoms with E-state index in [1.54, 1.807) is 0 Å². The van der Waals surface area contributed by atoms with Crippen molar-refractivity contribution >= 4 is 22.0 Å². The molecule has 1 amide bonds. The second-order valence-electron chi connectivity index (χ2n) is 7.60. The Hall–Kier alpha value is -0.250. The summed E-state index contributed by atoms with van der Waals surface area (Å²) in [5.41, 5.74) is -0.344. The van der Waals surface area contributed by atoms with Crippen molar-refractivity contribution in [2.75, 3.05) is 11.9 Å². The third-order valence-corrected chi connectivity index (χ3v) is 4.47. The molecule has 0 saturated carbocycles. The SMILES string of the molecule is CC(C)(C)OC(=O)N1CCC(CBr)CC1C(C)(C)C. The number of halogens is 1. The molecule has 0 aliphatic carbocycles. The number of hydrogen-bond acceptors (Lipinski definition) is 2. The van der Waals surface area contributed by atoms with Crippen LogP contribution < -0.4 is 0 Å². The zero-order valence-corrected chi connectivity index (χ0v) is 14.7. The van der Waals surface area contributed by atoms with Crippen LogP contribution in [0.15, 0.2) is 0 Å². The minimum atomic E-state index is -0.425. The lowest BCUT2D eigenvalue weighted by Gasteiger charge is -2.45. The first-order valence-electron chi connectivity index (χ1n) is 7.10. The van der Waals surface area contributed by atoms with Gasteiger partial charge < -0.3 is 9.64 Å². The highest BCUT2D eigenvalue weighted by Crippen LogP contribution is 2.35. The van der Waals surface area contributed by atoms with Crippen molar-refractivity contribution in [3.63, 3.8) is 0 Å². The van der Waals surface area contributed by atoms with Gasteiger partial charge in [-0.15, -0.1) is 0 Å². The van der Waals surface area contributed by atoms with Crippen LogP contribution in [0.2, 0.25) is 0 Å². The molecular formula is C15H28BrNO2. The average molecular weight is 334 g/mol. The van der Waals surface area contributed by atoms with Crippen molar-refractivity contribution in [3.05, 3.63) is 0 Å². The number of amides is 1. The summed E-state index contributed by atoms with van der Waals surface area (Å²) in [6.45, 7) is 13.2. The van der Waals surface area contributed by atoms with E-state index in [0.717, 1.165) is 24.7 Å². The number of carbonyl (C=O) groups is 1. The summed E-state index contributed by atoms with van der Waals surface area (Å²) in [4.78, 5) is 14.3. The van der Waals surface area contributed by atoms with Gasteiger partial charge in [0.1, 0.15) is 5.60 Å². The molecule has 3 nitrogen and oxygen atoms in total. The van der Waals surface area contributed by atoms with Gasteiger partial charge in [0, 0.05) is 17.9 Å². The van der Waals surface area contributed by atoms with E-state index in [1.165, 1.54) is 0 Å². The van der Waals surface area contributed by atoms with Gasteiger partial charge in [-0.2, -0.15) is 0 Å². The fourth-order valence-electron chi connectivity index (χ4n) is 2.54. The molecule has 0 bridgehead atoms. The average Bonchev–Trinajstić information content (AvgIpc) is 2.24. The van der Waals surface area contributed by atoms with E-state index in [0.29, 0.717) is 5.92 Å². The molecule has 0 radical (unpaired) electrons. The Labute approximate surface area is 126 Å². The van der Waals surface area contributed by atoms with E-state index in [9.17, 15) is 4.79 Å². The predicted octanol–water partition coefficient (Wildman–Crippen LogP) is 4.44. The molecule has 1 heterocycles. The topological polar surface area (TPSA) is 29.5 Å². The van der Waals surface area contributed by atoms with Crippen LogP contribution in [-0.4, -0.2) is 34.5 Å². The van der Waals surface area contributed by atoms with Crippen molar-refractivity contribution < 1.29 is 9.53 Å². The fraction of sp³-hybridized carbons (Fsp3) is 0.933. The molecule has 112 valence electrons. The lowest BCUT2D eigenvalue weighted by molar-refractivity contribution is -0.0134. The Morgan fingerprint density at radius 2 is 1.84 bits per heavy atom. The number of rotatable bonds is 1. The van der Waals surface area contributed by atoms with Crippen molar-refractivity contribution in [2.45, 2.75) is 66.0 Å². The van der Waals surface area contributed by atoms with E-state index in [2.05, 4.69) is 36.7 Å². The number of hydrogen-bond donors (Lipinski definition) is 0. The fourth-order valence-corrected chi connectivity index (χ4v) is 3.13. The molecule has 0 aromatic rings. The van der Waals surface area contributed by atoms with Crippen molar-refractivity contribution in [1.82, 2.24) is 4.90 Å². The minimum Gasteiger partial charge on any atom is -0.444 e. The molecule has 0 spiro atoms. The van der Waals surface area contributed by atoms with E-state index in [4.69, 9.17) is 4.74 Å². The highest BCUT2D eigenvalue weighted by molar-refractivity contribution is 9.09. The van der Waals surface area contributed by atoms with Crippen LogP contribution in [0.5, 0.6) is 0 Å². The molecule has 0 aromatic carbocycles. The molecule has 1 fully saturated rings. The first-order valence-corrected chi connectivity index (χ1v) is 8.22. The molecule has 1 saturated heterocycles. The van der Waals surface area contributed by atoms with Crippen LogP contribution in [0.1, 0.15) is 54.4 Å². The van der Waals surface area contributed by atoms with Gasteiger partial charge in [0.05, 0.1) is 0 Å². The molecular weight excluding hydrogens is 306 g/mol. The summed E-state index contributed by atoms with van der Waals surface area (Å²) in [6, 6.07) is 0.249. The predicted molar refractivity (Wildman–Crippen MR) is 82.7 cm³/mol. The van der Waals surface area contributed by atoms with Gasteiger partial charge in [-0.1, -0.05) is 36.7 Å². The Kier molecular flexibility index (Phi) is 5.33. The monoisotopic (exact) mass is 333 g/mol. The normalized spacial score (nSPS) is 25.3. The zero-order valence-electron chi connectivity index (χ0n) is 13.1. The molecule has 2 atom stereocenters. The van der Waals surface area contributed by atoms with Crippen LogP contribution >= 0.6 is 15.9 Å². The maximum absolute atomic E-state index is 12.4. The molecule has 0 aromatic heterocycles. The lowest BCUT2D eigenvalue weighted by Crippen LogP contribution is -2.53. The van der Waals surface area contributed by atoms with Gasteiger partial charge in [-0.05, 0) is 44.9 Å². The number of piperidine rings is 1. The quantitative estimate of drug-likeness (QED) is 0.663. The molecule has 1 aliphatic heterocycles.